The van der Waals surface area contributed by atoms with Crippen LogP contribution in [0.4, 0.5) is 5.13 Å². The number of furan rings is 1. The first-order valence-electron chi connectivity index (χ1n) is 7.49. The van der Waals surface area contributed by atoms with Gasteiger partial charge in [-0.15, -0.1) is 11.3 Å². The van der Waals surface area contributed by atoms with E-state index in [0.717, 1.165) is 10.8 Å². The minimum atomic E-state index is -0.573. The molecule has 2 aromatic rings. The topological polar surface area (TPSA) is 81.8 Å². The Morgan fingerprint density at radius 1 is 1.52 bits per heavy atom. The summed E-state index contributed by atoms with van der Waals surface area (Å²) in [5.74, 6) is -0.106. The number of aromatic nitrogens is 1. The molecular formula is C15H20N4O3S. The summed E-state index contributed by atoms with van der Waals surface area (Å²) in [6.07, 6.45) is 2.34. The van der Waals surface area contributed by atoms with E-state index in [1.54, 1.807) is 22.3 Å². The van der Waals surface area contributed by atoms with E-state index in [2.05, 4.69) is 15.2 Å². The van der Waals surface area contributed by atoms with Gasteiger partial charge in [0.1, 0.15) is 6.26 Å². The fourth-order valence-corrected chi connectivity index (χ4v) is 3.34. The molecule has 124 valence electrons. The van der Waals surface area contributed by atoms with Crippen molar-refractivity contribution in [1.29, 1.82) is 0 Å². The number of carbonyl (C=O) groups is 1. The van der Waals surface area contributed by atoms with Crippen LogP contribution in [0.15, 0.2) is 28.4 Å². The second kappa shape index (κ2) is 7.12. The van der Waals surface area contributed by atoms with Crippen LogP contribution in [0.25, 0.3) is 0 Å². The second-order valence-corrected chi connectivity index (χ2v) is 6.40. The van der Waals surface area contributed by atoms with Gasteiger partial charge in [-0.2, -0.15) is 0 Å². The largest absolute Gasteiger partial charge is 0.472 e. The second-order valence-electron chi connectivity index (χ2n) is 5.55. The van der Waals surface area contributed by atoms with E-state index in [9.17, 15) is 9.90 Å². The highest BCUT2D eigenvalue weighted by Gasteiger charge is 2.26. The summed E-state index contributed by atoms with van der Waals surface area (Å²) in [4.78, 5) is 20.7. The molecule has 2 N–H and O–H groups in total. The summed E-state index contributed by atoms with van der Waals surface area (Å²) in [6.45, 7) is 2.81. The maximum atomic E-state index is 12.4. The van der Waals surface area contributed by atoms with Crippen LogP contribution in [0.3, 0.4) is 0 Å². The van der Waals surface area contributed by atoms with E-state index < -0.39 is 6.10 Å². The van der Waals surface area contributed by atoms with E-state index in [-0.39, 0.29) is 5.91 Å². The fourth-order valence-electron chi connectivity index (χ4n) is 2.68. The number of nitrogens with zero attached hydrogens (tertiary/aromatic N) is 3. The molecule has 1 saturated heterocycles. The summed E-state index contributed by atoms with van der Waals surface area (Å²) >= 11 is 1.56. The maximum absolute atomic E-state index is 12.4. The number of amides is 1. The maximum Gasteiger partial charge on any atom is 0.257 e. The number of β-amino-alcohol motifs (C(OH)–C–C–N with tert-alkyl or cyclic N) is 1. The fraction of sp³-hybridized carbons (Fsp3) is 0.467. The van der Waals surface area contributed by atoms with Gasteiger partial charge in [-0.3, -0.25) is 9.69 Å². The molecule has 7 nitrogen and oxygen atoms in total. The average molecular weight is 336 g/mol. The number of rotatable bonds is 4. The lowest BCUT2D eigenvalue weighted by Crippen LogP contribution is -2.37. The van der Waals surface area contributed by atoms with Crippen LogP contribution in [-0.2, 0) is 6.54 Å². The predicted molar refractivity (Wildman–Crippen MR) is 87.6 cm³/mol. The van der Waals surface area contributed by atoms with Crippen molar-refractivity contribution in [2.24, 2.45) is 0 Å². The highest BCUT2D eigenvalue weighted by Crippen LogP contribution is 2.17. The molecule has 0 bridgehead atoms. The predicted octanol–water partition coefficient (Wildman–Crippen LogP) is 1.10. The summed E-state index contributed by atoms with van der Waals surface area (Å²) in [5, 5.41) is 16.1. The van der Waals surface area contributed by atoms with Crippen LogP contribution < -0.4 is 5.32 Å². The lowest BCUT2D eigenvalue weighted by atomic mass is 10.2. The Morgan fingerprint density at radius 2 is 2.39 bits per heavy atom. The SMILES string of the molecule is CNc1nc(CN2CCN(C(=O)c3ccoc3)C[C@@H](O)C2)cs1. The summed E-state index contributed by atoms with van der Waals surface area (Å²) in [6, 6.07) is 1.64. The van der Waals surface area contributed by atoms with Crippen LogP contribution in [0.5, 0.6) is 0 Å². The minimum Gasteiger partial charge on any atom is -0.472 e. The molecule has 0 aromatic carbocycles. The molecule has 2 aromatic heterocycles. The molecule has 3 rings (SSSR count). The number of carbonyl (C=O) groups excluding carboxylic acids is 1. The Balaban J connectivity index is 1.62. The standard InChI is InChI=1S/C15H20N4O3S/c1-16-15-17-12(10-23-15)6-18-3-4-19(8-13(20)7-18)14(21)11-2-5-22-9-11/h2,5,9-10,13,20H,3-4,6-8H2,1H3,(H,16,17)/t13-/m0/s1. The van der Waals surface area contributed by atoms with Crippen LogP contribution in [0.1, 0.15) is 16.1 Å². The van der Waals surface area contributed by atoms with Gasteiger partial charge >= 0.3 is 0 Å². The van der Waals surface area contributed by atoms with Crippen LogP contribution in [-0.4, -0.2) is 65.1 Å². The van der Waals surface area contributed by atoms with Gasteiger partial charge in [0.25, 0.3) is 5.91 Å². The quantitative estimate of drug-likeness (QED) is 0.870. The number of hydrogen-bond acceptors (Lipinski definition) is 7. The van der Waals surface area contributed by atoms with Gasteiger partial charge in [-0.05, 0) is 6.07 Å². The van der Waals surface area contributed by atoms with Crippen LogP contribution >= 0.6 is 11.3 Å². The lowest BCUT2D eigenvalue weighted by molar-refractivity contribution is 0.0662. The van der Waals surface area contributed by atoms with Gasteiger partial charge < -0.3 is 19.7 Å². The molecule has 0 saturated carbocycles. The first kappa shape index (κ1) is 16.0. The Bertz CT molecular complexity index is 643. The third-order valence-electron chi connectivity index (χ3n) is 3.79. The molecule has 1 fully saturated rings. The highest BCUT2D eigenvalue weighted by molar-refractivity contribution is 7.13. The zero-order chi connectivity index (χ0) is 16.2. The molecule has 1 amide bonds. The Labute approximate surface area is 138 Å². The van der Waals surface area contributed by atoms with Crippen molar-refractivity contribution in [3.8, 4) is 0 Å². The number of nitrogens with one attached hydrogen (secondary N) is 1. The molecule has 0 aliphatic carbocycles. The minimum absolute atomic E-state index is 0.106. The van der Waals surface area contributed by atoms with Gasteiger partial charge in [0.2, 0.25) is 0 Å². The Morgan fingerprint density at radius 3 is 3.09 bits per heavy atom. The van der Waals surface area contributed by atoms with E-state index in [1.165, 1.54) is 12.5 Å². The average Bonchev–Trinajstić information content (AvgIpc) is 3.18. The van der Waals surface area contributed by atoms with E-state index >= 15 is 0 Å². The van der Waals surface area contributed by atoms with Crippen molar-refractivity contribution in [2.75, 3.05) is 38.5 Å². The molecule has 1 atom stereocenters. The molecule has 23 heavy (non-hydrogen) atoms. The molecule has 1 aliphatic heterocycles. The number of aliphatic hydroxyl groups is 1. The summed E-state index contributed by atoms with van der Waals surface area (Å²) in [7, 11) is 1.84. The molecule has 0 spiro atoms. The van der Waals surface area contributed by atoms with Crippen LogP contribution in [0, 0.1) is 0 Å². The highest BCUT2D eigenvalue weighted by atomic mass is 32.1. The zero-order valence-electron chi connectivity index (χ0n) is 12.9. The van der Waals surface area contributed by atoms with E-state index in [0.29, 0.717) is 38.3 Å². The summed E-state index contributed by atoms with van der Waals surface area (Å²) in [5.41, 5.74) is 1.49. The van der Waals surface area contributed by atoms with Gasteiger partial charge in [0.05, 0.1) is 23.6 Å². The lowest BCUT2D eigenvalue weighted by Gasteiger charge is -2.20. The number of thiazole rings is 1. The van der Waals surface area contributed by atoms with E-state index in [1.807, 2.05) is 12.4 Å². The Hall–Kier alpha value is -1.90. The third kappa shape index (κ3) is 3.90. The molecular weight excluding hydrogens is 316 g/mol. The zero-order valence-corrected chi connectivity index (χ0v) is 13.8. The molecule has 1 aliphatic rings. The number of hydrogen-bond donors (Lipinski definition) is 2. The van der Waals surface area contributed by atoms with Crippen LogP contribution in [0.2, 0.25) is 0 Å². The van der Waals surface area contributed by atoms with Crippen molar-refractivity contribution in [1.82, 2.24) is 14.8 Å². The normalized spacial score (nSPS) is 19.6. The first-order valence-corrected chi connectivity index (χ1v) is 8.37. The monoisotopic (exact) mass is 336 g/mol. The van der Waals surface area contributed by atoms with Gasteiger partial charge in [0.15, 0.2) is 5.13 Å². The van der Waals surface area contributed by atoms with E-state index in [4.69, 9.17) is 4.42 Å². The summed E-state index contributed by atoms with van der Waals surface area (Å²) < 4.78 is 4.96. The Kier molecular flexibility index (Phi) is 4.94. The number of aliphatic hydroxyl groups excluding tert-OH is 1. The number of anilines is 1. The van der Waals surface area contributed by atoms with Gasteiger partial charge in [-0.1, -0.05) is 0 Å². The molecule has 0 unspecified atom stereocenters. The van der Waals surface area contributed by atoms with Gasteiger partial charge in [0, 0.05) is 45.2 Å². The van der Waals surface area contributed by atoms with Crippen molar-refractivity contribution in [2.45, 2.75) is 12.6 Å². The van der Waals surface area contributed by atoms with Crippen molar-refractivity contribution < 1.29 is 14.3 Å². The first-order chi connectivity index (χ1) is 11.2. The van der Waals surface area contributed by atoms with Crippen molar-refractivity contribution in [3.63, 3.8) is 0 Å². The van der Waals surface area contributed by atoms with Crippen molar-refractivity contribution >= 4 is 22.4 Å². The van der Waals surface area contributed by atoms with Gasteiger partial charge in [-0.25, -0.2) is 4.98 Å². The van der Waals surface area contributed by atoms with Crippen molar-refractivity contribution in [3.05, 3.63) is 35.2 Å². The molecule has 0 radical (unpaired) electrons. The smallest absolute Gasteiger partial charge is 0.257 e. The molecule has 3 heterocycles. The molecule has 8 heteroatoms. The third-order valence-corrected chi connectivity index (χ3v) is 4.70.